The predicted octanol–water partition coefficient (Wildman–Crippen LogP) is 7.54. The fourth-order valence-electron chi connectivity index (χ4n) is 5.67. The minimum absolute atomic E-state index is 0.437. The largest absolute Gasteiger partial charge is 0.236 e. The van der Waals surface area contributed by atoms with E-state index in [0.29, 0.717) is 11.4 Å². The molecule has 0 atom stereocenters. The first-order valence-electron chi connectivity index (χ1n) is 12.0. The van der Waals surface area contributed by atoms with Crippen LogP contribution in [0.5, 0.6) is 0 Å². The van der Waals surface area contributed by atoms with Gasteiger partial charge in [0.05, 0.1) is 0 Å². The Labute approximate surface area is 185 Å². The van der Waals surface area contributed by atoms with Crippen LogP contribution >= 0.6 is 0 Å². The van der Waals surface area contributed by atoms with Gasteiger partial charge in [0.15, 0.2) is 17.5 Å². The van der Waals surface area contributed by atoms with Crippen molar-refractivity contribution >= 4 is 0 Å². The number of benzene rings is 1. The van der Waals surface area contributed by atoms with Crippen LogP contribution in [0.25, 0.3) is 11.4 Å². The van der Waals surface area contributed by atoms with Gasteiger partial charge in [-0.2, -0.15) is 0 Å². The van der Waals surface area contributed by atoms with Crippen LogP contribution in [0.3, 0.4) is 0 Å². The fraction of sp³-hybridized carbons (Fsp3) is 0.556. The lowest BCUT2D eigenvalue weighted by Crippen LogP contribution is -2.25. The van der Waals surface area contributed by atoms with E-state index in [1.807, 2.05) is 12.4 Å². The Morgan fingerprint density at radius 3 is 2.13 bits per heavy atom. The summed E-state index contributed by atoms with van der Waals surface area (Å²) >= 11 is 0. The summed E-state index contributed by atoms with van der Waals surface area (Å²) in [6.45, 7) is 2.14. The molecule has 1 aromatic carbocycles. The minimum Gasteiger partial charge on any atom is -0.236 e. The standard InChI is InChI=1S/C27H34F2N2/c1-2-3-19-6-10-22(11-7-19)23-12-8-20(9-13-23)4-5-21-17-30-27(31-18-21)24-14-15-25(28)26(29)16-24/h2-3,14-20,22-23H,4-13H2,1H3/b3-2+/t19-,20?,22-,23?. The monoisotopic (exact) mass is 424 g/mol. The Balaban J connectivity index is 1.21. The van der Waals surface area contributed by atoms with Gasteiger partial charge in [0.25, 0.3) is 0 Å². The highest BCUT2D eigenvalue weighted by Crippen LogP contribution is 2.42. The summed E-state index contributed by atoms with van der Waals surface area (Å²) in [6.07, 6.45) is 21.6. The zero-order valence-corrected chi connectivity index (χ0v) is 18.6. The molecule has 2 aliphatic carbocycles. The number of hydrogen-bond donors (Lipinski definition) is 0. The Bertz CT molecular complexity index is 861. The smallest absolute Gasteiger partial charge is 0.159 e. The highest BCUT2D eigenvalue weighted by molar-refractivity contribution is 5.54. The Hall–Kier alpha value is -2.10. The maximum atomic E-state index is 13.4. The molecule has 0 saturated heterocycles. The lowest BCUT2D eigenvalue weighted by Gasteiger charge is -2.37. The summed E-state index contributed by atoms with van der Waals surface area (Å²) in [5, 5.41) is 0. The molecule has 2 saturated carbocycles. The maximum Gasteiger partial charge on any atom is 0.159 e. The summed E-state index contributed by atoms with van der Waals surface area (Å²) in [5.74, 6) is 2.26. The van der Waals surface area contributed by atoms with Crippen molar-refractivity contribution in [2.24, 2.45) is 23.7 Å². The zero-order chi connectivity index (χ0) is 21.6. The van der Waals surface area contributed by atoms with Gasteiger partial charge in [0, 0.05) is 18.0 Å². The van der Waals surface area contributed by atoms with Crippen molar-refractivity contribution in [3.63, 3.8) is 0 Å². The van der Waals surface area contributed by atoms with E-state index < -0.39 is 11.6 Å². The molecule has 0 bridgehead atoms. The topological polar surface area (TPSA) is 25.8 Å². The number of hydrogen-bond acceptors (Lipinski definition) is 2. The third-order valence-electron chi connectivity index (χ3n) is 7.56. The van der Waals surface area contributed by atoms with E-state index in [2.05, 4.69) is 29.0 Å². The van der Waals surface area contributed by atoms with Gasteiger partial charge in [-0.05, 0) is 106 Å². The van der Waals surface area contributed by atoms with Gasteiger partial charge in [-0.3, -0.25) is 0 Å². The van der Waals surface area contributed by atoms with Crippen LogP contribution in [0.15, 0.2) is 42.7 Å². The minimum atomic E-state index is -0.869. The van der Waals surface area contributed by atoms with Crippen molar-refractivity contribution in [2.45, 2.75) is 71.1 Å². The highest BCUT2D eigenvalue weighted by atomic mass is 19.2. The van der Waals surface area contributed by atoms with Crippen LogP contribution in [0.2, 0.25) is 0 Å². The van der Waals surface area contributed by atoms with Crippen LogP contribution in [-0.2, 0) is 6.42 Å². The third-order valence-corrected chi connectivity index (χ3v) is 7.56. The summed E-state index contributed by atoms with van der Waals surface area (Å²) in [7, 11) is 0. The molecule has 0 radical (unpaired) electrons. The SMILES string of the molecule is C/C=C/[C@H]1CC[C@H](C2CCC(CCc3cnc(-c4ccc(F)c(F)c4)nc3)CC2)CC1. The second-order valence-corrected chi connectivity index (χ2v) is 9.56. The average Bonchev–Trinajstić information content (AvgIpc) is 2.81. The van der Waals surface area contributed by atoms with E-state index in [1.165, 1.54) is 63.9 Å². The third kappa shape index (κ3) is 5.78. The molecule has 1 aromatic heterocycles. The second-order valence-electron chi connectivity index (χ2n) is 9.56. The first kappa shape index (κ1) is 22.1. The summed E-state index contributed by atoms with van der Waals surface area (Å²) in [5.41, 5.74) is 1.62. The lowest BCUT2D eigenvalue weighted by atomic mass is 9.68. The molecule has 2 nitrogen and oxygen atoms in total. The normalized spacial score (nSPS) is 26.9. The zero-order valence-electron chi connectivity index (χ0n) is 18.6. The molecular weight excluding hydrogens is 390 g/mol. The lowest BCUT2D eigenvalue weighted by molar-refractivity contribution is 0.152. The van der Waals surface area contributed by atoms with E-state index in [4.69, 9.17) is 0 Å². The van der Waals surface area contributed by atoms with Gasteiger partial charge in [-0.1, -0.05) is 25.0 Å². The Kier molecular flexibility index (Phi) is 7.47. The second kappa shape index (κ2) is 10.5. The molecule has 2 aliphatic rings. The molecule has 31 heavy (non-hydrogen) atoms. The number of halogens is 2. The molecule has 0 spiro atoms. The van der Waals surface area contributed by atoms with Gasteiger partial charge in [-0.25, -0.2) is 18.7 Å². The molecular formula is C27H34F2N2. The molecule has 2 fully saturated rings. The van der Waals surface area contributed by atoms with Crippen molar-refractivity contribution in [1.29, 1.82) is 0 Å². The molecule has 0 unspecified atom stereocenters. The van der Waals surface area contributed by atoms with E-state index in [9.17, 15) is 8.78 Å². The number of rotatable bonds is 6. The number of allylic oxidation sites excluding steroid dienone is 2. The van der Waals surface area contributed by atoms with Gasteiger partial charge in [0.1, 0.15) is 0 Å². The van der Waals surface area contributed by atoms with Crippen molar-refractivity contribution in [3.8, 4) is 11.4 Å². The van der Waals surface area contributed by atoms with Gasteiger partial charge >= 0.3 is 0 Å². The molecule has 4 rings (SSSR count). The Morgan fingerprint density at radius 1 is 0.871 bits per heavy atom. The molecule has 166 valence electrons. The van der Waals surface area contributed by atoms with Crippen LogP contribution in [0, 0.1) is 35.3 Å². The van der Waals surface area contributed by atoms with Crippen LogP contribution in [0.4, 0.5) is 8.78 Å². The van der Waals surface area contributed by atoms with E-state index >= 15 is 0 Å². The molecule has 4 heteroatoms. The Morgan fingerprint density at radius 2 is 1.52 bits per heavy atom. The van der Waals surface area contributed by atoms with Crippen molar-refractivity contribution in [2.75, 3.05) is 0 Å². The maximum absolute atomic E-state index is 13.4. The fourth-order valence-corrected chi connectivity index (χ4v) is 5.67. The average molecular weight is 425 g/mol. The first-order chi connectivity index (χ1) is 15.1. The van der Waals surface area contributed by atoms with E-state index in [0.717, 1.165) is 47.8 Å². The predicted molar refractivity (Wildman–Crippen MR) is 121 cm³/mol. The van der Waals surface area contributed by atoms with E-state index in [1.54, 1.807) is 0 Å². The summed E-state index contributed by atoms with van der Waals surface area (Å²) < 4.78 is 26.5. The van der Waals surface area contributed by atoms with Crippen molar-refractivity contribution in [1.82, 2.24) is 9.97 Å². The van der Waals surface area contributed by atoms with Crippen LogP contribution in [-0.4, -0.2) is 9.97 Å². The molecule has 0 N–H and O–H groups in total. The van der Waals surface area contributed by atoms with Gasteiger partial charge < -0.3 is 0 Å². The van der Waals surface area contributed by atoms with Gasteiger partial charge in [-0.15, -0.1) is 0 Å². The highest BCUT2D eigenvalue weighted by Gasteiger charge is 2.30. The molecule has 0 aliphatic heterocycles. The van der Waals surface area contributed by atoms with Crippen molar-refractivity contribution in [3.05, 3.63) is 59.9 Å². The van der Waals surface area contributed by atoms with Crippen LogP contribution in [0.1, 0.15) is 70.3 Å². The molecule has 1 heterocycles. The van der Waals surface area contributed by atoms with Crippen molar-refractivity contribution < 1.29 is 8.78 Å². The number of aryl methyl sites for hydroxylation is 1. The quantitative estimate of drug-likeness (QED) is 0.448. The summed E-state index contributed by atoms with van der Waals surface area (Å²) in [6, 6.07) is 3.78. The number of aromatic nitrogens is 2. The summed E-state index contributed by atoms with van der Waals surface area (Å²) in [4.78, 5) is 8.74. The van der Waals surface area contributed by atoms with Gasteiger partial charge in [0.2, 0.25) is 0 Å². The molecule has 2 aromatic rings. The van der Waals surface area contributed by atoms with Crippen LogP contribution < -0.4 is 0 Å². The van der Waals surface area contributed by atoms with E-state index in [-0.39, 0.29) is 0 Å². The number of nitrogens with zero attached hydrogens (tertiary/aromatic N) is 2. The molecule has 0 amide bonds. The first-order valence-corrected chi connectivity index (χ1v) is 12.0.